The first-order chi connectivity index (χ1) is 10.8. The van der Waals surface area contributed by atoms with Gasteiger partial charge in [0.1, 0.15) is 5.03 Å². The number of aryl methyl sites for hydroxylation is 1. The Kier molecular flexibility index (Phi) is 5.49. The van der Waals surface area contributed by atoms with E-state index in [-0.39, 0.29) is 15.8 Å². The summed E-state index contributed by atoms with van der Waals surface area (Å²) < 4.78 is 37.5. The number of nitrogens with zero attached hydrogens (tertiary/aromatic N) is 1. The van der Waals surface area contributed by atoms with Gasteiger partial charge in [0.05, 0.1) is 10.6 Å². The van der Waals surface area contributed by atoms with Crippen molar-refractivity contribution >= 4 is 29.1 Å². The summed E-state index contributed by atoms with van der Waals surface area (Å²) in [6, 6.07) is 7.86. The molecular weight excluding hydrogens is 347 g/mol. The molecule has 0 bridgehead atoms. The molecule has 0 unspecified atom stereocenters. The van der Waals surface area contributed by atoms with Gasteiger partial charge >= 0.3 is 6.18 Å². The zero-order chi connectivity index (χ0) is 17.0. The van der Waals surface area contributed by atoms with Crippen LogP contribution in [-0.2, 0) is 6.18 Å². The molecule has 7 heteroatoms. The predicted octanol–water partition coefficient (Wildman–Crippen LogP) is 5.55. The van der Waals surface area contributed by atoms with Crippen LogP contribution in [0.1, 0.15) is 21.5 Å². The normalized spacial score (nSPS) is 11.9. The first-order valence-corrected chi connectivity index (χ1v) is 7.70. The van der Waals surface area contributed by atoms with Crippen LogP contribution in [0.2, 0.25) is 5.02 Å². The lowest BCUT2D eigenvalue weighted by Crippen LogP contribution is -2.05. The molecule has 0 spiro atoms. The first kappa shape index (κ1) is 17.6. The van der Waals surface area contributed by atoms with Gasteiger partial charge in [-0.15, -0.1) is 0 Å². The quantitative estimate of drug-likeness (QED) is 0.408. The zero-order valence-electron chi connectivity index (χ0n) is 11.9. The van der Waals surface area contributed by atoms with Crippen LogP contribution >= 0.6 is 23.4 Å². The van der Waals surface area contributed by atoms with E-state index in [1.807, 2.05) is 19.1 Å². The molecule has 1 aromatic heterocycles. The third-order valence-corrected chi connectivity index (χ3v) is 4.09. The molecule has 0 N–H and O–H groups in total. The summed E-state index contributed by atoms with van der Waals surface area (Å²) in [5.74, 6) is -0.208. The van der Waals surface area contributed by atoms with Crippen LogP contribution in [0.4, 0.5) is 13.2 Å². The van der Waals surface area contributed by atoms with Crippen LogP contribution in [0.5, 0.6) is 0 Å². The van der Waals surface area contributed by atoms with Crippen molar-refractivity contribution in [3.8, 4) is 0 Å². The van der Waals surface area contributed by atoms with E-state index in [4.69, 9.17) is 11.6 Å². The zero-order valence-corrected chi connectivity index (χ0v) is 13.5. The van der Waals surface area contributed by atoms with E-state index in [2.05, 4.69) is 4.98 Å². The second-order valence-electron chi connectivity index (χ2n) is 4.66. The Hall–Kier alpha value is -1.79. The molecule has 2 nitrogen and oxygen atoms in total. The van der Waals surface area contributed by atoms with E-state index in [0.29, 0.717) is 11.8 Å². The molecule has 0 atom stereocenters. The van der Waals surface area contributed by atoms with E-state index >= 15 is 0 Å². The fourth-order valence-electron chi connectivity index (χ4n) is 1.64. The van der Waals surface area contributed by atoms with Gasteiger partial charge in [-0.25, -0.2) is 4.98 Å². The number of thioether (sulfide) groups is 1. The average Bonchev–Trinajstić information content (AvgIpc) is 2.48. The Balaban J connectivity index is 2.05. The molecule has 0 aliphatic rings. The van der Waals surface area contributed by atoms with Gasteiger partial charge in [0.2, 0.25) is 0 Å². The fourth-order valence-corrected chi connectivity index (χ4v) is 2.55. The summed E-state index contributed by atoms with van der Waals surface area (Å²) in [5.41, 5.74) is 0.658. The Morgan fingerprint density at radius 1 is 1.26 bits per heavy atom. The third kappa shape index (κ3) is 4.84. The van der Waals surface area contributed by atoms with E-state index in [9.17, 15) is 18.0 Å². The van der Waals surface area contributed by atoms with Crippen LogP contribution in [0, 0.1) is 6.92 Å². The average molecular weight is 358 g/mol. The van der Waals surface area contributed by atoms with Crippen molar-refractivity contribution < 1.29 is 18.0 Å². The summed E-state index contributed by atoms with van der Waals surface area (Å²) >= 11 is 6.76. The summed E-state index contributed by atoms with van der Waals surface area (Å²) in [7, 11) is 0. The van der Waals surface area contributed by atoms with E-state index in [0.717, 1.165) is 23.4 Å². The molecule has 0 fully saturated rings. The summed E-state index contributed by atoms with van der Waals surface area (Å²) in [5, 5.41) is 1.54. The minimum Gasteiger partial charge on any atom is -0.289 e. The molecule has 1 aromatic carbocycles. The minimum atomic E-state index is -4.49. The SMILES string of the molecule is Cc1ccc(C(=O)/C=C/Sc2ncc(C(F)(F)F)cc2Cl)cc1. The highest BCUT2D eigenvalue weighted by Crippen LogP contribution is 2.33. The molecule has 2 aromatic rings. The van der Waals surface area contributed by atoms with Gasteiger partial charge in [0.15, 0.2) is 5.78 Å². The van der Waals surface area contributed by atoms with Crippen molar-refractivity contribution in [2.24, 2.45) is 0 Å². The van der Waals surface area contributed by atoms with Crippen LogP contribution in [-0.4, -0.2) is 10.8 Å². The number of alkyl halides is 3. The highest BCUT2D eigenvalue weighted by atomic mass is 35.5. The van der Waals surface area contributed by atoms with E-state index < -0.39 is 11.7 Å². The number of ketones is 1. The van der Waals surface area contributed by atoms with Gasteiger partial charge in [-0.3, -0.25) is 4.79 Å². The maximum atomic E-state index is 12.5. The third-order valence-electron chi connectivity index (χ3n) is 2.87. The number of carbonyl (C=O) groups is 1. The molecular formula is C16H11ClF3NOS. The second kappa shape index (κ2) is 7.19. The molecule has 0 aliphatic heterocycles. The number of aromatic nitrogens is 1. The lowest BCUT2D eigenvalue weighted by molar-refractivity contribution is -0.137. The molecule has 1 heterocycles. The van der Waals surface area contributed by atoms with Gasteiger partial charge in [-0.1, -0.05) is 53.2 Å². The Bertz CT molecular complexity index is 742. The van der Waals surface area contributed by atoms with Gasteiger partial charge < -0.3 is 0 Å². The van der Waals surface area contributed by atoms with Crippen LogP contribution in [0.3, 0.4) is 0 Å². The maximum absolute atomic E-state index is 12.5. The second-order valence-corrected chi connectivity index (χ2v) is 5.96. The van der Waals surface area contributed by atoms with Crippen LogP contribution in [0.15, 0.2) is 53.0 Å². The molecule has 0 saturated carbocycles. The molecule has 120 valence electrons. The number of pyridine rings is 1. The van der Waals surface area contributed by atoms with Gasteiger partial charge in [-0.2, -0.15) is 13.2 Å². The van der Waals surface area contributed by atoms with Gasteiger partial charge in [-0.05, 0) is 24.5 Å². The largest absolute Gasteiger partial charge is 0.417 e. The molecule has 0 aliphatic carbocycles. The number of allylic oxidation sites excluding steroid dienone is 1. The number of hydrogen-bond acceptors (Lipinski definition) is 3. The standard InChI is InChI=1S/C16H11ClF3NOS/c1-10-2-4-11(5-3-10)14(22)6-7-23-15-13(17)8-12(9-21-15)16(18,19)20/h2-9H,1H3/b7-6+. The first-order valence-electron chi connectivity index (χ1n) is 6.44. The lowest BCUT2D eigenvalue weighted by Gasteiger charge is -2.07. The summed E-state index contributed by atoms with van der Waals surface area (Å²) in [6.45, 7) is 1.91. The number of hydrogen-bond donors (Lipinski definition) is 0. The van der Waals surface area contributed by atoms with Gasteiger partial charge in [0.25, 0.3) is 0 Å². The molecule has 2 rings (SSSR count). The topological polar surface area (TPSA) is 30.0 Å². The predicted molar refractivity (Wildman–Crippen MR) is 84.8 cm³/mol. The smallest absolute Gasteiger partial charge is 0.289 e. The minimum absolute atomic E-state index is 0.114. The number of carbonyl (C=O) groups excluding carboxylic acids is 1. The molecule has 0 amide bonds. The van der Waals surface area contributed by atoms with Crippen molar-refractivity contribution in [1.29, 1.82) is 0 Å². The number of halogens is 4. The lowest BCUT2D eigenvalue weighted by atomic mass is 10.1. The number of rotatable bonds is 4. The molecule has 0 radical (unpaired) electrons. The highest BCUT2D eigenvalue weighted by molar-refractivity contribution is 8.02. The molecule has 23 heavy (non-hydrogen) atoms. The molecule has 0 saturated heterocycles. The Morgan fingerprint density at radius 3 is 2.48 bits per heavy atom. The van der Waals surface area contributed by atoms with Crippen molar-refractivity contribution in [3.63, 3.8) is 0 Å². The monoisotopic (exact) mass is 357 g/mol. The highest BCUT2D eigenvalue weighted by Gasteiger charge is 2.31. The van der Waals surface area contributed by atoms with Crippen LogP contribution < -0.4 is 0 Å². The Labute approximate surface area is 140 Å². The van der Waals surface area contributed by atoms with E-state index in [1.54, 1.807) is 12.1 Å². The van der Waals surface area contributed by atoms with Crippen molar-refractivity contribution in [3.05, 3.63) is 69.7 Å². The van der Waals surface area contributed by atoms with Crippen molar-refractivity contribution in [1.82, 2.24) is 4.98 Å². The maximum Gasteiger partial charge on any atom is 0.417 e. The van der Waals surface area contributed by atoms with E-state index in [1.165, 1.54) is 11.5 Å². The summed E-state index contributed by atoms with van der Waals surface area (Å²) in [4.78, 5) is 15.6. The van der Waals surface area contributed by atoms with Crippen molar-refractivity contribution in [2.75, 3.05) is 0 Å². The fraction of sp³-hybridized carbons (Fsp3) is 0.125. The van der Waals surface area contributed by atoms with Gasteiger partial charge in [0, 0.05) is 11.8 Å². The van der Waals surface area contributed by atoms with Crippen LogP contribution in [0.25, 0.3) is 0 Å². The van der Waals surface area contributed by atoms with Crippen molar-refractivity contribution in [2.45, 2.75) is 18.1 Å². The Morgan fingerprint density at radius 2 is 1.91 bits per heavy atom. The summed E-state index contributed by atoms with van der Waals surface area (Å²) in [6.07, 6.45) is -2.45. The number of benzene rings is 1.